The highest BCUT2D eigenvalue weighted by atomic mass is 16.1. The smallest absolute Gasteiger partial charge is 0.187 e. The van der Waals surface area contributed by atoms with Gasteiger partial charge < -0.3 is 0 Å². The first-order chi connectivity index (χ1) is 22.2. The minimum Gasteiger partial charge on any atom is -0.289 e. The Kier molecular flexibility index (Phi) is 5.96. The SMILES string of the molecule is CC(C)(C)c1cc2cc(C(C)(C)C)cc3c2c(c1)c1c2c(=O)ccc(=O)c2c2c4cc(C(C)(C)C)cc5cc(C(C)(C)C)cc(c54)c2c31. The van der Waals surface area contributed by atoms with Crippen molar-refractivity contribution in [2.75, 3.05) is 0 Å². The molecule has 48 heavy (non-hydrogen) atoms. The molecule has 0 bridgehead atoms. The van der Waals surface area contributed by atoms with Gasteiger partial charge >= 0.3 is 0 Å². The molecular formula is C46H46O2. The summed E-state index contributed by atoms with van der Waals surface area (Å²) in [5.74, 6) is 0. The van der Waals surface area contributed by atoms with Gasteiger partial charge in [-0.25, -0.2) is 0 Å². The van der Waals surface area contributed by atoms with Gasteiger partial charge in [-0.15, -0.1) is 0 Å². The molecule has 8 aromatic rings. The maximum atomic E-state index is 14.3. The van der Waals surface area contributed by atoms with Crippen LogP contribution in [0.3, 0.4) is 0 Å². The number of rotatable bonds is 0. The van der Waals surface area contributed by atoms with Crippen molar-refractivity contribution >= 4 is 75.4 Å². The van der Waals surface area contributed by atoms with Crippen molar-refractivity contribution in [1.82, 2.24) is 0 Å². The number of fused-ring (bicyclic) bond motifs is 10. The summed E-state index contributed by atoms with van der Waals surface area (Å²) in [7, 11) is 0. The Morgan fingerprint density at radius 3 is 0.771 bits per heavy atom. The highest BCUT2D eigenvalue weighted by molar-refractivity contribution is 6.50. The summed E-state index contributed by atoms with van der Waals surface area (Å²) in [5, 5.41) is 14.5. The quantitative estimate of drug-likeness (QED) is 0.167. The van der Waals surface area contributed by atoms with Crippen LogP contribution in [0.25, 0.3) is 75.4 Å². The standard InChI is InChI=1S/C46H46O2/c1-43(2,3)25-15-23-17-27(45(7,8)9)21-31-35(23)29(19-25)37-38-30-20-26(44(4,5)6)16-24-18-28(46(10,11)12)22-32(36(24)30)40(38)42-34(48)14-13-33(47)41(42)39(31)37/h13-22H,1-12H3. The molecule has 0 saturated carbocycles. The zero-order valence-corrected chi connectivity index (χ0v) is 30.6. The van der Waals surface area contributed by atoms with E-state index in [1.807, 2.05) is 0 Å². The summed E-state index contributed by atoms with van der Waals surface area (Å²) < 4.78 is 0. The van der Waals surface area contributed by atoms with Crippen LogP contribution in [0.1, 0.15) is 105 Å². The van der Waals surface area contributed by atoms with Gasteiger partial charge in [0.2, 0.25) is 0 Å². The second kappa shape index (κ2) is 9.23. The average molecular weight is 631 g/mol. The summed E-state index contributed by atoms with van der Waals surface area (Å²) in [6.07, 6.45) is 0. The fourth-order valence-corrected chi connectivity index (χ4v) is 8.19. The van der Waals surface area contributed by atoms with Gasteiger partial charge in [0, 0.05) is 21.5 Å². The summed E-state index contributed by atoms with van der Waals surface area (Å²) in [6, 6.07) is 21.8. The van der Waals surface area contributed by atoms with Gasteiger partial charge in [-0.3, -0.25) is 9.59 Å². The van der Waals surface area contributed by atoms with E-state index in [2.05, 4.69) is 132 Å². The fraction of sp³-hybridized carbons (Fsp3) is 0.348. The maximum absolute atomic E-state index is 14.3. The molecular weight excluding hydrogens is 585 g/mol. The van der Waals surface area contributed by atoms with Crippen LogP contribution in [0.5, 0.6) is 0 Å². The molecule has 2 nitrogen and oxygen atoms in total. The molecule has 0 aliphatic rings. The maximum Gasteiger partial charge on any atom is 0.187 e. The van der Waals surface area contributed by atoms with E-state index in [-0.39, 0.29) is 32.5 Å². The Labute approximate surface area is 282 Å². The van der Waals surface area contributed by atoms with Crippen molar-refractivity contribution in [1.29, 1.82) is 0 Å². The Bertz CT molecular complexity index is 2570. The van der Waals surface area contributed by atoms with E-state index in [1.165, 1.54) is 66.7 Å². The minimum atomic E-state index is -0.103. The lowest BCUT2D eigenvalue weighted by molar-refractivity contribution is 0.589. The third kappa shape index (κ3) is 4.17. The molecule has 0 amide bonds. The van der Waals surface area contributed by atoms with Gasteiger partial charge in [0.05, 0.1) is 0 Å². The Balaban J connectivity index is 1.82. The summed E-state index contributed by atoms with van der Waals surface area (Å²) in [4.78, 5) is 28.5. The number of hydrogen-bond donors (Lipinski definition) is 0. The van der Waals surface area contributed by atoms with E-state index in [0.717, 1.165) is 32.3 Å². The van der Waals surface area contributed by atoms with Crippen LogP contribution in [0.2, 0.25) is 0 Å². The summed E-state index contributed by atoms with van der Waals surface area (Å²) in [6.45, 7) is 27.1. The second-order valence-corrected chi connectivity index (χ2v) is 18.6. The molecule has 0 aliphatic carbocycles. The largest absolute Gasteiger partial charge is 0.289 e. The van der Waals surface area contributed by atoms with Crippen LogP contribution in [0, 0.1) is 0 Å². The Morgan fingerprint density at radius 2 is 0.542 bits per heavy atom. The van der Waals surface area contributed by atoms with E-state index >= 15 is 0 Å². The Morgan fingerprint density at radius 1 is 0.312 bits per heavy atom. The van der Waals surface area contributed by atoms with Crippen LogP contribution in [0.15, 0.2) is 70.3 Å². The molecule has 8 rings (SSSR count). The highest BCUT2D eigenvalue weighted by Crippen LogP contribution is 2.53. The van der Waals surface area contributed by atoms with Gasteiger partial charge in [-0.05, 0) is 134 Å². The summed E-state index contributed by atoms with van der Waals surface area (Å²) >= 11 is 0. The molecule has 0 N–H and O–H groups in total. The predicted molar refractivity (Wildman–Crippen MR) is 210 cm³/mol. The fourth-order valence-electron chi connectivity index (χ4n) is 8.19. The van der Waals surface area contributed by atoms with Gasteiger partial charge in [-0.2, -0.15) is 0 Å². The molecule has 0 aliphatic heterocycles. The minimum absolute atomic E-state index is 0.0821. The zero-order chi connectivity index (χ0) is 34.6. The molecule has 8 aromatic carbocycles. The lowest BCUT2D eigenvalue weighted by atomic mass is 9.82. The van der Waals surface area contributed by atoms with Crippen molar-refractivity contribution < 1.29 is 0 Å². The van der Waals surface area contributed by atoms with Gasteiger partial charge in [0.25, 0.3) is 0 Å². The monoisotopic (exact) mass is 630 g/mol. The van der Waals surface area contributed by atoms with Gasteiger partial charge in [0.1, 0.15) is 0 Å². The topological polar surface area (TPSA) is 34.1 Å². The predicted octanol–water partition coefficient (Wildman–Crippen LogP) is 12.0. The van der Waals surface area contributed by atoms with Crippen molar-refractivity contribution in [2.24, 2.45) is 0 Å². The first kappa shape index (κ1) is 31.0. The molecule has 0 atom stereocenters. The van der Waals surface area contributed by atoms with E-state index in [0.29, 0.717) is 10.8 Å². The van der Waals surface area contributed by atoms with E-state index in [1.54, 1.807) is 0 Å². The number of benzene rings is 6. The van der Waals surface area contributed by atoms with Crippen LogP contribution in [-0.2, 0) is 21.7 Å². The normalized spacial score (nSPS) is 14.0. The lowest BCUT2D eigenvalue weighted by Crippen LogP contribution is -2.12. The summed E-state index contributed by atoms with van der Waals surface area (Å²) in [5.41, 5.74) is 4.44. The molecule has 0 saturated heterocycles. The Hall–Kier alpha value is -4.30. The van der Waals surface area contributed by atoms with E-state index in [9.17, 15) is 9.59 Å². The van der Waals surface area contributed by atoms with Gasteiger partial charge in [0.15, 0.2) is 10.9 Å². The first-order valence-corrected chi connectivity index (χ1v) is 17.4. The van der Waals surface area contributed by atoms with Crippen molar-refractivity contribution in [3.63, 3.8) is 0 Å². The van der Waals surface area contributed by atoms with Crippen LogP contribution in [0.4, 0.5) is 0 Å². The average Bonchev–Trinajstić information content (AvgIpc) is 3.47. The van der Waals surface area contributed by atoms with Crippen molar-refractivity contribution in [3.05, 3.63) is 103 Å². The van der Waals surface area contributed by atoms with E-state index in [4.69, 9.17) is 0 Å². The van der Waals surface area contributed by atoms with Gasteiger partial charge in [-0.1, -0.05) is 107 Å². The van der Waals surface area contributed by atoms with E-state index < -0.39 is 0 Å². The highest BCUT2D eigenvalue weighted by Gasteiger charge is 2.30. The van der Waals surface area contributed by atoms with Crippen LogP contribution in [-0.4, -0.2) is 0 Å². The van der Waals surface area contributed by atoms with Crippen molar-refractivity contribution in [2.45, 2.75) is 105 Å². The molecule has 0 heterocycles. The number of hydrogen-bond acceptors (Lipinski definition) is 2. The first-order valence-electron chi connectivity index (χ1n) is 17.4. The second-order valence-electron chi connectivity index (χ2n) is 18.6. The zero-order valence-electron chi connectivity index (χ0n) is 30.6. The molecule has 2 heteroatoms. The molecule has 0 radical (unpaired) electrons. The third-order valence-corrected chi connectivity index (χ3v) is 11.0. The molecule has 0 fully saturated rings. The lowest BCUT2D eigenvalue weighted by Gasteiger charge is -2.23. The molecule has 0 spiro atoms. The van der Waals surface area contributed by atoms with Crippen LogP contribution >= 0.6 is 0 Å². The van der Waals surface area contributed by atoms with Crippen molar-refractivity contribution in [3.8, 4) is 0 Å². The molecule has 0 aromatic heterocycles. The molecule has 0 unspecified atom stereocenters. The third-order valence-electron chi connectivity index (χ3n) is 11.0. The molecule has 242 valence electrons. The van der Waals surface area contributed by atoms with Crippen LogP contribution < -0.4 is 10.9 Å².